The molecule has 3 heteroatoms. The van der Waals surface area contributed by atoms with Crippen molar-refractivity contribution in [3.63, 3.8) is 0 Å². The predicted octanol–water partition coefficient (Wildman–Crippen LogP) is 3.94. The number of benzene rings is 1. The molecule has 1 saturated heterocycles. The van der Waals surface area contributed by atoms with E-state index in [9.17, 15) is 0 Å². The SMILES string of the molecule is CC1(C)CCCN(c2c(N)cccc2Cl)CC1. The third-order valence-corrected chi connectivity index (χ3v) is 3.98. The van der Waals surface area contributed by atoms with Crippen LogP contribution < -0.4 is 10.6 Å². The average Bonchev–Trinajstić information content (AvgIpc) is 2.40. The summed E-state index contributed by atoms with van der Waals surface area (Å²) < 4.78 is 0. The lowest BCUT2D eigenvalue weighted by Crippen LogP contribution is -2.26. The highest BCUT2D eigenvalue weighted by Gasteiger charge is 2.24. The Morgan fingerprint density at radius 1 is 1.24 bits per heavy atom. The number of anilines is 2. The number of hydrogen-bond donors (Lipinski definition) is 1. The zero-order valence-electron chi connectivity index (χ0n) is 10.7. The number of nitrogen functional groups attached to an aromatic ring is 1. The minimum Gasteiger partial charge on any atom is -0.397 e. The highest BCUT2D eigenvalue weighted by atomic mass is 35.5. The molecule has 0 spiro atoms. The summed E-state index contributed by atoms with van der Waals surface area (Å²) in [6.45, 7) is 6.78. The third kappa shape index (κ3) is 2.86. The van der Waals surface area contributed by atoms with Crippen LogP contribution in [0.25, 0.3) is 0 Å². The van der Waals surface area contributed by atoms with Crippen LogP contribution in [0.1, 0.15) is 33.1 Å². The van der Waals surface area contributed by atoms with E-state index < -0.39 is 0 Å². The molecule has 2 rings (SSSR count). The van der Waals surface area contributed by atoms with Crippen LogP contribution in [0.3, 0.4) is 0 Å². The summed E-state index contributed by atoms with van der Waals surface area (Å²) in [6.07, 6.45) is 3.67. The molecule has 2 N–H and O–H groups in total. The largest absolute Gasteiger partial charge is 0.397 e. The van der Waals surface area contributed by atoms with Crippen LogP contribution in [0.4, 0.5) is 11.4 Å². The summed E-state index contributed by atoms with van der Waals surface area (Å²) in [5.41, 5.74) is 8.29. The molecule has 0 radical (unpaired) electrons. The van der Waals surface area contributed by atoms with Crippen molar-refractivity contribution in [1.82, 2.24) is 0 Å². The Morgan fingerprint density at radius 2 is 2.00 bits per heavy atom. The van der Waals surface area contributed by atoms with Crippen LogP contribution in [-0.4, -0.2) is 13.1 Å². The normalized spacial score (nSPS) is 20.1. The standard InChI is InChI=1S/C14H21ClN2/c1-14(2)7-4-9-17(10-8-14)13-11(15)5-3-6-12(13)16/h3,5-6H,4,7-10,16H2,1-2H3. The molecule has 94 valence electrons. The molecule has 1 aliphatic heterocycles. The molecule has 1 aromatic rings. The molecule has 0 aromatic heterocycles. The van der Waals surface area contributed by atoms with Gasteiger partial charge in [0.25, 0.3) is 0 Å². The molecule has 0 atom stereocenters. The molecule has 2 nitrogen and oxygen atoms in total. The maximum Gasteiger partial charge on any atom is 0.0789 e. The van der Waals surface area contributed by atoms with Crippen molar-refractivity contribution in [1.29, 1.82) is 0 Å². The van der Waals surface area contributed by atoms with E-state index in [2.05, 4.69) is 18.7 Å². The van der Waals surface area contributed by atoms with Gasteiger partial charge in [-0.25, -0.2) is 0 Å². The smallest absolute Gasteiger partial charge is 0.0789 e. The number of nitrogens with zero attached hydrogens (tertiary/aromatic N) is 1. The van der Waals surface area contributed by atoms with Gasteiger partial charge in [-0.15, -0.1) is 0 Å². The van der Waals surface area contributed by atoms with E-state index in [4.69, 9.17) is 17.3 Å². The molecule has 0 bridgehead atoms. The number of hydrogen-bond acceptors (Lipinski definition) is 2. The summed E-state index contributed by atoms with van der Waals surface area (Å²) in [5.74, 6) is 0. The Kier molecular flexibility index (Phi) is 3.53. The van der Waals surface area contributed by atoms with Crippen molar-refractivity contribution in [2.75, 3.05) is 23.7 Å². The Morgan fingerprint density at radius 3 is 2.71 bits per heavy atom. The Balaban J connectivity index is 2.23. The van der Waals surface area contributed by atoms with E-state index in [-0.39, 0.29) is 0 Å². The first kappa shape index (κ1) is 12.6. The minimum atomic E-state index is 0.435. The summed E-state index contributed by atoms with van der Waals surface area (Å²) in [7, 11) is 0. The molecule has 1 aliphatic rings. The Hall–Kier alpha value is -0.890. The van der Waals surface area contributed by atoms with Gasteiger partial charge in [-0.1, -0.05) is 31.5 Å². The van der Waals surface area contributed by atoms with Crippen molar-refractivity contribution >= 4 is 23.0 Å². The van der Waals surface area contributed by atoms with E-state index in [0.29, 0.717) is 5.41 Å². The second-order valence-electron chi connectivity index (χ2n) is 5.68. The average molecular weight is 253 g/mol. The van der Waals surface area contributed by atoms with Gasteiger partial charge >= 0.3 is 0 Å². The van der Waals surface area contributed by atoms with Gasteiger partial charge in [-0.3, -0.25) is 0 Å². The predicted molar refractivity (Wildman–Crippen MR) is 75.7 cm³/mol. The van der Waals surface area contributed by atoms with Gasteiger partial charge < -0.3 is 10.6 Å². The molecular formula is C14H21ClN2. The van der Waals surface area contributed by atoms with Crippen LogP contribution >= 0.6 is 11.6 Å². The summed E-state index contributed by atoms with van der Waals surface area (Å²) in [4.78, 5) is 2.34. The van der Waals surface area contributed by atoms with Gasteiger partial charge in [-0.05, 0) is 36.8 Å². The highest BCUT2D eigenvalue weighted by molar-refractivity contribution is 6.34. The fourth-order valence-corrected chi connectivity index (χ4v) is 2.81. The fraction of sp³-hybridized carbons (Fsp3) is 0.571. The van der Waals surface area contributed by atoms with Gasteiger partial charge in [0.2, 0.25) is 0 Å². The molecule has 1 heterocycles. The summed E-state index contributed by atoms with van der Waals surface area (Å²) in [5, 5.41) is 0.768. The molecular weight excluding hydrogens is 232 g/mol. The quantitative estimate of drug-likeness (QED) is 0.767. The maximum atomic E-state index is 6.27. The van der Waals surface area contributed by atoms with Gasteiger partial charge in [0.15, 0.2) is 0 Å². The fourth-order valence-electron chi connectivity index (χ4n) is 2.51. The van der Waals surface area contributed by atoms with Gasteiger partial charge in [0.1, 0.15) is 0 Å². The maximum absolute atomic E-state index is 6.27. The van der Waals surface area contributed by atoms with Gasteiger partial charge in [0, 0.05) is 13.1 Å². The molecule has 1 fully saturated rings. The van der Waals surface area contributed by atoms with Crippen LogP contribution in [0.2, 0.25) is 5.02 Å². The van der Waals surface area contributed by atoms with Crippen molar-refractivity contribution in [3.05, 3.63) is 23.2 Å². The monoisotopic (exact) mass is 252 g/mol. The van der Waals surface area contributed by atoms with Crippen LogP contribution in [0.15, 0.2) is 18.2 Å². The number of halogens is 1. The van der Waals surface area contributed by atoms with Gasteiger partial charge in [0.05, 0.1) is 16.4 Å². The van der Waals surface area contributed by atoms with Crippen LogP contribution in [-0.2, 0) is 0 Å². The number of para-hydroxylation sites is 1. The zero-order chi connectivity index (χ0) is 12.5. The van der Waals surface area contributed by atoms with Crippen LogP contribution in [0, 0.1) is 5.41 Å². The second-order valence-corrected chi connectivity index (χ2v) is 6.09. The number of rotatable bonds is 1. The molecule has 17 heavy (non-hydrogen) atoms. The van der Waals surface area contributed by atoms with E-state index in [1.807, 2.05) is 18.2 Å². The first-order chi connectivity index (χ1) is 7.99. The van der Waals surface area contributed by atoms with E-state index in [1.165, 1.54) is 19.3 Å². The Bertz CT molecular complexity index is 381. The second kappa shape index (κ2) is 4.77. The van der Waals surface area contributed by atoms with Crippen molar-refractivity contribution in [2.45, 2.75) is 33.1 Å². The lowest BCUT2D eigenvalue weighted by atomic mass is 9.85. The van der Waals surface area contributed by atoms with Crippen LogP contribution in [0.5, 0.6) is 0 Å². The summed E-state index contributed by atoms with van der Waals surface area (Å²) >= 11 is 6.27. The molecule has 0 aliphatic carbocycles. The third-order valence-electron chi connectivity index (χ3n) is 3.67. The highest BCUT2D eigenvalue weighted by Crippen LogP contribution is 2.36. The van der Waals surface area contributed by atoms with Crippen molar-refractivity contribution < 1.29 is 0 Å². The first-order valence-electron chi connectivity index (χ1n) is 6.28. The van der Waals surface area contributed by atoms with E-state index >= 15 is 0 Å². The first-order valence-corrected chi connectivity index (χ1v) is 6.66. The lowest BCUT2D eigenvalue weighted by Gasteiger charge is -2.26. The van der Waals surface area contributed by atoms with Crippen molar-refractivity contribution in [2.24, 2.45) is 5.41 Å². The van der Waals surface area contributed by atoms with Gasteiger partial charge in [-0.2, -0.15) is 0 Å². The number of nitrogens with two attached hydrogens (primary N) is 1. The molecule has 1 aromatic carbocycles. The molecule has 0 amide bonds. The Labute approximate surface area is 109 Å². The van der Waals surface area contributed by atoms with E-state index in [0.717, 1.165) is 29.5 Å². The minimum absolute atomic E-state index is 0.435. The lowest BCUT2D eigenvalue weighted by molar-refractivity contribution is 0.325. The molecule has 0 saturated carbocycles. The topological polar surface area (TPSA) is 29.3 Å². The summed E-state index contributed by atoms with van der Waals surface area (Å²) in [6, 6.07) is 5.75. The zero-order valence-corrected chi connectivity index (χ0v) is 11.4. The van der Waals surface area contributed by atoms with E-state index in [1.54, 1.807) is 0 Å². The van der Waals surface area contributed by atoms with Crippen molar-refractivity contribution in [3.8, 4) is 0 Å². The molecule has 0 unspecified atom stereocenters.